The molecule has 0 aromatic heterocycles. The van der Waals surface area contributed by atoms with Crippen molar-refractivity contribution in [1.29, 1.82) is 0 Å². The predicted octanol–water partition coefficient (Wildman–Crippen LogP) is 3.75. The second-order valence-corrected chi connectivity index (χ2v) is 5.61. The van der Waals surface area contributed by atoms with Gasteiger partial charge in [0.25, 0.3) is 0 Å². The normalized spacial score (nSPS) is 24.9. The molecule has 1 unspecified atom stereocenters. The standard InChI is InChI=1S/C13H15BrF3N/c14-10-2-3-11(15)9(12(10)16)8-13(17)4-1-6-18-7-5-13/h2-3,18H,1,4-8H2. The number of rotatable bonds is 2. The first-order valence-corrected chi connectivity index (χ1v) is 6.83. The molecule has 18 heavy (non-hydrogen) atoms. The van der Waals surface area contributed by atoms with E-state index in [1.807, 2.05) is 0 Å². The van der Waals surface area contributed by atoms with Crippen LogP contribution >= 0.6 is 15.9 Å². The fraction of sp³-hybridized carbons (Fsp3) is 0.538. The highest BCUT2D eigenvalue weighted by Gasteiger charge is 2.33. The number of benzene rings is 1. The van der Waals surface area contributed by atoms with Gasteiger partial charge in [0.05, 0.1) is 4.47 Å². The summed E-state index contributed by atoms with van der Waals surface area (Å²) in [6.45, 7) is 1.31. The molecule has 1 fully saturated rings. The fourth-order valence-corrected chi connectivity index (χ4v) is 2.69. The maximum atomic E-state index is 14.6. The Morgan fingerprint density at radius 1 is 1.22 bits per heavy atom. The first-order chi connectivity index (χ1) is 8.52. The maximum Gasteiger partial charge on any atom is 0.143 e. The van der Waals surface area contributed by atoms with E-state index in [1.165, 1.54) is 12.1 Å². The molecular weight excluding hydrogens is 307 g/mol. The van der Waals surface area contributed by atoms with Gasteiger partial charge in [-0.3, -0.25) is 0 Å². The number of hydrogen-bond donors (Lipinski definition) is 1. The molecular formula is C13H15BrF3N. The van der Waals surface area contributed by atoms with Crippen molar-refractivity contribution in [3.05, 3.63) is 33.8 Å². The van der Waals surface area contributed by atoms with Crippen molar-refractivity contribution < 1.29 is 13.2 Å². The first kappa shape index (κ1) is 13.9. The van der Waals surface area contributed by atoms with E-state index in [4.69, 9.17) is 0 Å². The number of alkyl halides is 1. The molecule has 0 amide bonds. The summed E-state index contributed by atoms with van der Waals surface area (Å²) >= 11 is 3.00. The van der Waals surface area contributed by atoms with Crippen LogP contribution in [0.5, 0.6) is 0 Å². The zero-order chi connectivity index (χ0) is 13.2. The van der Waals surface area contributed by atoms with E-state index < -0.39 is 17.3 Å². The van der Waals surface area contributed by atoms with Gasteiger partial charge in [-0.1, -0.05) is 0 Å². The van der Waals surface area contributed by atoms with Crippen LogP contribution in [0.4, 0.5) is 13.2 Å². The number of hydrogen-bond acceptors (Lipinski definition) is 1. The van der Waals surface area contributed by atoms with Crippen molar-refractivity contribution in [2.24, 2.45) is 0 Å². The molecule has 1 aromatic carbocycles. The highest BCUT2D eigenvalue weighted by Crippen LogP contribution is 2.32. The van der Waals surface area contributed by atoms with Gasteiger partial charge in [-0.05, 0) is 60.4 Å². The van der Waals surface area contributed by atoms with Crippen LogP contribution in [-0.2, 0) is 6.42 Å². The van der Waals surface area contributed by atoms with Gasteiger partial charge in [0.1, 0.15) is 17.3 Å². The average molecular weight is 322 g/mol. The van der Waals surface area contributed by atoms with Crippen LogP contribution in [-0.4, -0.2) is 18.8 Å². The lowest BCUT2D eigenvalue weighted by molar-refractivity contribution is 0.141. The molecule has 0 spiro atoms. The Morgan fingerprint density at radius 3 is 2.78 bits per heavy atom. The number of nitrogens with one attached hydrogen (secondary N) is 1. The van der Waals surface area contributed by atoms with Gasteiger partial charge in [-0.25, -0.2) is 13.2 Å². The van der Waals surface area contributed by atoms with Crippen molar-refractivity contribution in [2.75, 3.05) is 13.1 Å². The third-order valence-electron chi connectivity index (χ3n) is 3.36. The fourth-order valence-electron chi connectivity index (χ4n) is 2.32. The second-order valence-electron chi connectivity index (χ2n) is 4.75. The molecule has 1 saturated heterocycles. The van der Waals surface area contributed by atoms with Crippen LogP contribution in [0.15, 0.2) is 16.6 Å². The van der Waals surface area contributed by atoms with E-state index in [-0.39, 0.29) is 16.5 Å². The molecule has 0 radical (unpaired) electrons. The zero-order valence-corrected chi connectivity index (χ0v) is 11.5. The highest BCUT2D eigenvalue weighted by molar-refractivity contribution is 9.10. The monoisotopic (exact) mass is 321 g/mol. The number of halogens is 4. The largest absolute Gasteiger partial charge is 0.317 e. The molecule has 1 nitrogen and oxygen atoms in total. The Hall–Kier alpha value is -0.550. The molecule has 5 heteroatoms. The summed E-state index contributed by atoms with van der Waals surface area (Å²) in [6.07, 6.45) is 1.11. The van der Waals surface area contributed by atoms with Crippen LogP contribution < -0.4 is 5.32 Å². The minimum atomic E-state index is -1.52. The molecule has 0 saturated carbocycles. The molecule has 2 rings (SSSR count). The average Bonchev–Trinajstić information content (AvgIpc) is 2.55. The quantitative estimate of drug-likeness (QED) is 0.818. The molecule has 1 aromatic rings. The predicted molar refractivity (Wildman–Crippen MR) is 68.3 cm³/mol. The van der Waals surface area contributed by atoms with Crippen LogP contribution in [0.3, 0.4) is 0 Å². The minimum Gasteiger partial charge on any atom is -0.317 e. The van der Waals surface area contributed by atoms with Crippen molar-refractivity contribution in [1.82, 2.24) is 5.32 Å². The SMILES string of the molecule is Fc1ccc(Br)c(F)c1CC1(F)CCCNCC1. The van der Waals surface area contributed by atoms with Crippen molar-refractivity contribution >= 4 is 15.9 Å². The summed E-state index contributed by atoms with van der Waals surface area (Å²) in [5.74, 6) is -1.37. The lowest BCUT2D eigenvalue weighted by atomic mass is 9.89. The van der Waals surface area contributed by atoms with E-state index in [0.717, 1.165) is 6.54 Å². The van der Waals surface area contributed by atoms with Gasteiger partial charge < -0.3 is 5.32 Å². The molecule has 1 heterocycles. The summed E-state index contributed by atoms with van der Waals surface area (Å²) in [7, 11) is 0. The van der Waals surface area contributed by atoms with E-state index in [9.17, 15) is 13.2 Å². The van der Waals surface area contributed by atoms with E-state index in [0.29, 0.717) is 25.8 Å². The van der Waals surface area contributed by atoms with Crippen molar-refractivity contribution in [2.45, 2.75) is 31.4 Å². The Morgan fingerprint density at radius 2 is 2.00 bits per heavy atom. The molecule has 1 N–H and O–H groups in total. The van der Waals surface area contributed by atoms with Gasteiger partial charge >= 0.3 is 0 Å². The lowest BCUT2D eigenvalue weighted by Crippen LogP contribution is -2.28. The lowest BCUT2D eigenvalue weighted by Gasteiger charge is -2.24. The third-order valence-corrected chi connectivity index (χ3v) is 3.97. The molecule has 1 aliphatic rings. The van der Waals surface area contributed by atoms with Gasteiger partial charge in [0.2, 0.25) is 0 Å². The second kappa shape index (κ2) is 5.61. The van der Waals surface area contributed by atoms with Gasteiger partial charge in [0, 0.05) is 12.0 Å². The van der Waals surface area contributed by atoms with E-state index >= 15 is 0 Å². The van der Waals surface area contributed by atoms with Crippen LogP contribution in [0.25, 0.3) is 0 Å². The molecule has 0 bridgehead atoms. The van der Waals surface area contributed by atoms with E-state index in [2.05, 4.69) is 21.2 Å². The molecule has 1 atom stereocenters. The van der Waals surface area contributed by atoms with Crippen molar-refractivity contribution in [3.8, 4) is 0 Å². The van der Waals surface area contributed by atoms with Gasteiger partial charge in [0.15, 0.2) is 0 Å². The van der Waals surface area contributed by atoms with Gasteiger partial charge in [-0.2, -0.15) is 0 Å². The zero-order valence-electron chi connectivity index (χ0n) is 9.91. The Labute approximate surface area is 113 Å². The Kier molecular flexibility index (Phi) is 4.33. The molecule has 100 valence electrons. The summed E-state index contributed by atoms with van der Waals surface area (Å²) in [5.41, 5.74) is -1.68. The Balaban J connectivity index is 2.24. The smallest absolute Gasteiger partial charge is 0.143 e. The summed E-state index contributed by atoms with van der Waals surface area (Å²) < 4.78 is 42.2. The summed E-state index contributed by atoms with van der Waals surface area (Å²) in [5, 5.41) is 3.09. The molecule has 1 aliphatic heterocycles. The van der Waals surface area contributed by atoms with E-state index in [1.54, 1.807) is 0 Å². The highest BCUT2D eigenvalue weighted by atomic mass is 79.9. The van der Waals surface area contributed by atoms with Gasteiger partial charge in [-0.15, -0.1) is 0 Å². The Bertz CT molecular complexity index is 428. The maximum absolute atomic E-state index is 14.6. The molecule has 0 aliphatic carbocycles. The van der Waals surface area contributed by atoms with Crippen LogP contribution in [0.1, 0.15) is 24.8 Å². The van der Waals surface area contributed by atoms with Crippen molar-refractivity contribution in [3.63, 3.8) is 0 Å². The summed E-state index contributed by atoms with van der Waals surface area (Å²) in [4.78, 5) is 0. The van der Waals surface area contributed by atoms with Crippen LogP contribution in [0, 0.1) is 11.6 Å². The van der Waals surface area contributed by atoms with Crippen LogP contribution in [0.2, 0.25) is 0 Å². The minimum absolute atomic E-state index is 0.159. The third kappa shape index (κ3) is 3.06. The summed E-state index contributed by atoms with van der Waals surface area (Å²) in [6, 6.07) is 2.47. The topological polar surface area (TPSA) is 12.0 Å². The first-order valence-electron chi connectivity index (χ1n) is 6.04.